The van der Waals surface area contributed by atoms with Gasteiger partial charge < -0.3 is 10.1 Å². The van der Waals surface area contributed by atoms with E-state index in [1.807, 2.05) is 45.9 Å². The predicted molar refractivity (Wildman–Crippen MR) is 125 cm³/mol. The largest absolute Gasteiger partial charge is 0.413 e. The molecule has 2 heterocycles. The number of carbonyl (C=O) groups is 1. The topological polar surface area (TPSA) is 94.8 Å². The van der Waals surface area contributed by atoms with Gasteiger partial charge in [-0.05, 0) is 65.7 Å². The first-order chi connectivity index (χ1) is 16.3. The molecule has 1 unspecified atom stereocenters. The second kappa shape index (κ2) is 9.78. The second-order valence-corrected chi connectivity index (χ2v) is 8.31. The van der Waals surface area contributed by atoms with E-state index in [1.54, 1.807) is 41.2 Å². The van der Waals surface area contributed by atoms with Crippen molar-refractivity contribution >= 4 is 6.09 Å². The number of halogens is 1. The number of carbonyl (C=O) groups excluding carboxylic acids is 1. The van der Waals surface area contributed by atoms with Gasteiger partial charge in [-0.3, -0.25) is 4.98 Å². The SMILES string of the molecule is Cc1ccc(-c2cc(OC(=O)NC(C)c3ccccn3)cc(-n3nnnc3C(C)C)c2)c(F)c1. The Labute approximate surface area is 196 Å². The second-order valence-electron chi connectivity index (χ2n) is 8.31. The van der Waals surface area contributed by atoms with Gasteiger partial charge in [0.2, 0.25) is 0 Å². The molecule has 1 amide bonds. The van der Waals surface area contributed by atoms with Crippen LogP contribution in [-0.4, -0.2) is 31.3 Å². The minimum Gasteiger partial charge on any atom is -0.410 e. The van der Waals surface area contributed by atoms with E-state index < -0.39 is 6.09 Å². The molecule has 0 aliphatic rings. The molecule has 0 bridgehead atoms. The molecule has 174 valence electrons. The van der Waals surface area contributed by atoms with Crippen LogP contribution in [-0.2, 0) is 0 Å². The Bertz CT molecular complexity index is 1310. The summed E-state index contributed by atoms with van der Waals surface area (Å²) in [4.78, 5) is 16.9. The molecule has 9 heteroatoms. The molecule has 0 saturated carbocycles. The minimum absolute atomic E-state index is 0.0432. The van der Waals surface area contributed by atoms with Crippen LogP contribution in [0, 0.1) is 12.7 Å². The molecule has 1 atom stereocenters. The lowest BCUT2D eigenvalue weighted by atomic mass is 10.0. The number of pyridine rings is 1. The maximum Gasteiger partial charge on any atom is 0.413 e. The van der Waals surface area contributed by atoms with Crippen LogP contribution in [0.2, 0.25) is 0 Å². The van der Waals surface area contributed by atoms with Crippen LogP contribution in [0.1, 0.15) is 49.8 Å². The van der Waals surface area contributed by atoms with Gasteiger partial charge in [-0.15, -0.1) is 5.10 Å². The van der Waals surface area contributed by atoms with Crippen LogP contribution in [0.4, 0.5) is 9.18 Å². The molecule has 0 aliphatic carbocycles. The van der Waals surface area contributed by atoms with Gasteiger partial charge >= 0.3 is 6.09 Å². The van der Waals surface area contributed by atoms with E-state index in [9.17, 15) is 9.18 Å². The van der Waals surface area contributed by atoms with E-state index in [2.05, 4.69) is 25.8 Å². The highest BCUT2D eigenvalue weighted by Crippen LogP contribution is 2.31. The van der Waals surface area contributed by atoms with Gasteiger partial charge in [0, 0.05) is 23.7 Å². The fourth-order valence-corrected chi connectivity index (χ4v) is 3.53. The first kappa shape index (κ1) is 23.0. The molecule has 0 radical (unpaired) electrons. The van der Waals surface area contributed by atoms with Crippen LogP contribution >= 0.6 is 0 Å². The highest BCUT2D eigenvalue weighted by molar-refractivity contribution is 5.74. The van der Waals surface area contributed by atoms with Crippen LogP contribution in [0.3, 0.4) is 0 Å². The van der Waals surface area contributed by atoms with E-state index in [-0.39, 0.29) is 23.5 Å². The maximum atomic E-state index is 14.8. The first-order valence-electron chi connectivity index (χ1n) is 10.9. The van der Waals surface area contributed by atoms with Crippen LogP contribution in [0.15, 0.2) is 60.8 Å². The lowest BCUT2D eigenvalue weighted by molar-refractivity contribution is 0.196. The normalized spacial score (nSPS) is 11.9. The Morgan fingerprint density at radius 1 is 1.09 bits per heavy atom. The predicted octanol–water partition coefficient (Wildman–Crippen LogP) is 5.14. The number of nitrogens with zero attached hydrogens (tertiary/aromatic N) is 5. The van der Waals surface area contributed by atoms with Gasteiger partial charge in [-0.1, -0.05) is 32.0 Å². The number of amides is 1. The zero-order valence-electron chi connectivity index (χ0n) is 19.4. The standard InChI is InChI=1S/C25H25FN6O2/c1-15(2)24-29-30-31-32(24)19-12-18(21-9-8-16(3)11-22(21)26)13-20(14-19)34-25(33)28-17(4)23-7-5-6-10-27-23/h5-15,17H,1-4H3,(H,28,33). The Balaban J connectivity index is 1.70. The quantitative estimate of drug-likeness (QED) is 0.428. The number of aromatic nitrogens is 5. The summed E-state index contributed by atoms with van der Waals surface area (Å²) >= 11 is 0. The summed E-state index contributed by atoms with van der Waals surface area (Å²) in [5.41, 5.74) is 2.96. The average molecular weight is 461 g/mol. The third-order valence-corrected chi connectivity index (χ3v) is 5.26. The number of hydrogen-bond donors (Lipinski definition) is 1. The van der Waals surface area contributed by atoms with E-state index in [1.165, 1.54) is 6.07 Å². The van der Waals surface area contributed by atoms with Gasteiger partial charge in [0.15, 0.2) is 5.82 Å². The molecule has 0 saturated heterocycles. The molecule has 1 N–H and O–H groups in total. The molecular weight excluding hydrogens is 435 g/mol. The van der Waals surface area contributed by atoms with E-state index in [0.717, 1.165) is 5.56 Å². The van der Waals surface area contributed by atoms with Crippen molar-refractivity contribution in [3.63, 3.8) is 0 Å². The Morgan fingerprint density at radius 2 is 1.91 bits per heavy atom. The number of hydrogen-bond acceptors (Lipinski definition) is 6. The molecule has 8 nitrogen and oxygen atoms in total. The molecular formula is C25H25FN6O2. The van der Waals surface area contributed by atoms with Crippen molar-refractivity contribution in [3.8, 4) is 22.6 Å². The van der Waals surface area contributed by atoms with Gasteiger partial charge in [-0.25, -0.2) is 9.18 Å². The van der Waals surface area contributed by atoms with Crippen LogP contribution < -0.4 is 10.1 Å². The lowest BCUT2D eigenvalue weighted by Gasteiger charge is -2.15. The number of aryl methyl sites for hydroxylation is 1. The number of tetrazole rings is 1. The number of rotatable bonds is 6. The molecule has 2 aromatic heterocycles. The maximum absolute atomic E-state index is 14.8. The zero-order chi connectivity index (χ0) is 24.2. The summed E-state index contributed by atoms with van der Waals surface area (Å²) in [6, 6.07) is 15.1. The third kappa shape index (κ3) is 5.09. The number of ether oxygens (including phenoxy) is 1. The fourth-order valence-electron chi connectivity index (χ4n) is 3.53. The molecule has 0 spiro atoms. The highest BCUT2D eigenvalue weighted by Gasteiger charge is 2.18. The van der Waals surface area contributed by atoms with Crippen LogP contribution in [0.5, 0.6) is 5.75 Å². The highest BCUT2D eigenvalue weighted by atomic mass is 19.1. The van der Waals surface area contributed by atoms with Gasteiger partial charge in [0.1, 0.15) is 11.6 Å². The number of benzene rings is 2. The summed E-state index contributed by atoms with van der Waals surface area (Å²) in [6.45, 7) is 7.56. The van der Waals surface area contributed by atoms with Gasteiger partial charge in [0.05, 0.1) is 17.4 Å². The van der Waals surface area contributed by atoms with E-state index in [4.69, 9.17) is 4.74 Å². The fraction of sp³-hybridized carbons (Fsp3) is 0.240. The van der Waals surface area contributed by atoms with Crippen molar-refractivity contribution in [3.05, 3.63) is 83.7 Å². The summed E-state index contributed by atoms with van der Waals surface area (Å²) in [6.07, 6.45) is 0.995. The third-order valence-electron chi connectivity index (χ3n) is 5.26. The van der Waals surface area contributed by atoms with Crippen molar-refractivity contribution in [2.45, 2.75) is 39.7 Å². The molecule has 4 aromatic rings. The Hall–Kier alpha value is -4.14. The summed E-state index contributed by atoms with van der Waals surface area (Å²) in [5.74, 6) is 0.517. The van der Waals surface area contributed by atoms with Gasteiger partial charge in [-0.2, -0.15) is 4.68 Å². The molecule has 2 aromatic carbocycles. The Morgan fingerprint density at radius 3 is 2.62 bits per heavy atom. The molecule has 0 aliphatic heterocycles. The summed E-state index contributed by atoms with van der Waals surface area (Å²) < 4.78 is 21.9. The smallest absolute Gasteiger partial charge is 0.410 e. The minimum atomic E-state index is -0.661. The van der Waals surface area contributed by atoms with E-state index in [0.29, 0.717) is 28.3 Å². The van der Waals surface area contributed by atoms with Gasteiger partial charge in [0.25, 0.3) is 0 Å². The lowest BCUT2D eigenvalue weighted by Crippen LogP contribution is -2.30. The van der Waals surface area contributed by atoms with Crippen LogP contribution in [0.25, 0.3) is 16.8 Å². The van der Waals surface area contributed by atoms with Crippen molar-refractivity contribution in [2.75, 3.05) is 0 Å². The van der Waals surface area contributed by atoms with E-state index >= 15 is 0 Å². The average Bonchev–Trinajstić information content (AvgIpc) is 3.30. The van der Waals surface area contributed by atoms with Crippen molar-refractivity contribution in [1.82, 2.24) is 30.5 Å². The van der Waals surface area contributed by atoms with Crippen molar-refractivity contribution in [1.29, 1.82) is 0 Å². The summed E-state index contributed by atoms with van der Waals surface area (Å²) in [7, 11) is 0. The molecule has 4 rings (SSSR count). The Kier molecular flexibility index (Phi) is 6.62. The zero-order valence-corrected chi connectivity index (χ0v) is 19.4. The monoisotopic (exact) mass is 460 g/mol. The molecule has 34 heavy (non-hydrogen) atoms. The molecule has 0 fully saturated rings. The summed E-state index contributed by atoms with van der Waals surface area (Å²) in [5, 5.41) is 14.7. The first-order valence-corrected chi connectivity index (χ1v) is 10.9. The van der Waals surface area contributed by atoms with Crippen molar-refractivity contribution in [2.24, 2.45) is 0 Å². The number of nitrogens with one attached hydrogen (secondary N) is 1. The van der Waals surface area contributed by atoms with Crippen molar-refractivity contribution < 1.29 is 13.9 Å².